The second-order valence-electron chi connectivity index (χ2n) is 5.03. The Hall–Kier alpha value is -1.79. The number of hydrogen-bond donors (Lipinski definition) is 1. The summed E-state index contributed by atoms with van der Waals surface area (Å²) in [6, 6.07) is 14.3. The molecular formula is C17H17BrN2. The van der Waals surface area contributed by atoms with Gasteiger partial charge in [-0.25, -0.2) is 0 Å². The van der Waals surface area contributed by atoms with E-state index in [1.807, 2.05) is 24.3 Å². The Morgan fingerprint density at radius 2 is 1.80 bits per heavy atom. The van der Waals surface area contributed by atoms with Gasteiger partial charge in [0, 0.05) is 16.2 Å². The lowest BCUT2D eigenvalue weighted by atomic mass is 10.0. The van der Waals surface area contributed by atoms with Crippen LogP contribution in [0.3, 0.4) is 0 Å². The van der Waals surface area contributed by atoms with Gasteiger partial charge in [-0.2, -0.15) is 5.26 Å². The molecule has 1 N–H and O–H groups in total. The second-order valence-corrected chi connectivity index (χ2v) is 5.82. The first-order chi connectivity index (χ1) is 9.51. The van der Waals surface area contributed by atoms with Gasteiger partial charge in [0.15, 0.2) is 0 Å². The number of nitrogens with one attached hydrogen (secondary N) is 1. The molecule has 20 heavy (non-hydrogen) atoms. The molecule has 0 aliphatic carbocycles. The van der Waals surface area contributed by atoms with Crippen molar-refractivity contribution in [2.75, 3.05) is 5.32 Å². The maximum Gasteiger partial charge on any atom is 0.0991 e. The molecule has 0 bridgehead atoms. The molecule has 1 unspecified atom stereocenters. The summed E-state index contributed by atoms with van der Waals surface area (Å²) in [7, 11) is 0. The van der Waals surface area contributed by atoms with E-state index in [0.29, 0.717) is 5.56 Å². The Balaban J connectivity index is 2.23. The van der Waals surface area contributed by atoms with Crippen LogP contribution in [-0.2, 0) is 0 Å². The van der Waals surface area contributed by atoms with Crippen molar-refractivity contribution >= 4 is 21.6 Å². The summed E-state index contributed by atoms with van der Waals surface area (Å²) >= 11 is 3.58. The van der Waals surface area contributed by atoms with Crippen molar-refractivity contribution in [3.63, 3.8) is 0 Å². The van der Waals surface area contributed by atoms with Crippen LogP contribution in [0.25, 0.3) is 0 Å². The van der Waals surface area contributed by atoms with Crippen LogP contribution in [0.2, 0.25) is 0 Å². The molecular weight excluding hydrogens is 312 g/mol. The molecule has 0 aromatic heterocycles. The third kappa shape index (κ3) is 3.20. The van der Waals surface area contributed by atoms with Gasteiger partial charge in [0.25, 0.3) is 0 Å². The van der Waals surface area contributed by atoms with Crippen LogP contribution in [0.5, 0.6) is 0 Å². The minimum absolute atomic E-state index is 0.156. The first kappa shape index (κ1) is 14.6. The van der Waals surface area contributed by atoms with Gasteiger partial charge >= 0.3 is 0 Å². The first-order valence-corrected chi connectivity index (χ1v) is 7.34. The van der Waals surface area contributed by atoms with E-state index < -0.39 is 0 Å². The molecule has 0 fully saturated rings. The zero-order chi connectivity index (χ0) is 14.7. The fourth-order valence-electron chi connectivity index (χ4n) is 2.24. The van der Waals surface area contributed by atoms with Crippen LogP contribution in [0.4, 0.5) is 5.69 Å². The molecule has 1 atom stereocenters. The first-order valence-electron chi connectivity index (χ1n) is 6.54. The van der Waals surface area contributed by atoms with E-state index in [-0.39, 0.29) is 6.04 Å². The zero-order valence-corrected chi connectivity index (χ0v) is 13.5. The standard InChI is InChI=1S/C17H17BrN2/c1-11-7-16(8-12(2)17(11)18)20-13(3)15-6-4-5-14(9-15)10-19/h4-9,13,20H,1-3H3. The van der Waals surface area contributed by atoms with Crippen molar-refractivity contribution in [3.8, 4) is 6.07 Å². The van der Waals surface area contributed by atoms with E-state index in [9.17, 15) is 0 Å². The largest absolute Gasteiger partial charge is 0.379 e. The van der Waals surface area contributed by atoms with E-state index in [1.54, 1.807) is 0 Å². The maximum absolute atomic E-state index is 8.96. The Morgan fingerprint density at radius 1 is 1.15 bits per heavy atom. The van der Waals surface area contributed by atoms with E-state index in [2.05, 4.69) is 60.2 Å². The predicted molar refractivity (Wildman–Crippen MR) is 86.8 cm³/mol. The van der Waals surface area contributed by atoms with Crippen molar-refractivity contribution < 1.29 is 0 Å². The van der Waals surface area contributed by atoms with Gasteiger partial charge < -0.3 is 5.32 Å². The lowest BCUT2D eigenvalue weighted by Gasteiger charge is -2.17. The van der Waals surface area contributed by atoms with Crippen molar-refractivity contribution in [1.29, 1.82) is 5.26 Å². The summed E-state index contributed by atoms with van der Waals surface area (Å²) in [4.78, 5) is 0. The van der Waals surface area contributed by atoms with Crippen LogP contribution in [0.15, 0.2) is 40.9 Å². The molecule has 0 heterocycles. The van der Waals surface area contributed by atoms with Gasteiger partial charge in [-0.1, -0.05) is 28.1 Å². The average Bonchev–Trinajstić information content (AvgIpc) is 2.44. The fourth-order valence-corrected chi connectivity index (χ4v) is 2.47. The number of aryl methyl sites for hydroxylation is 2. The molecule has 2 aromatic carbocycles. The molecule has 0 radical (unpaired) electrons. The molecule has 0 saturated carbocycles. The Kier molecular flexibility index (Phi) is 4.46. The molecule has 0 spiro atoms. The zero-order valence-electron chi connectivity index (χ0n) is 11.9. The van der Waals surface area contributed by atoms with Gasteiger partial charge in [-0.15, -0.1) is 0 Å². The Morgan fingerprint density at radius 3 is 2.40 bits per heavy atom. The highest BCUT2D eigenvalue weighted by molar-refractivity contribution is 9.10. The molecule has 2 aromatic rings. The summed E-state index contributed by atoms with van der Waals surface area (Å²) in [5.74, 6) is 0. The highest BCUT2D eigenvalue weighted by Crippen LogP contribution is 2.27. The lowest BCUT2D eigenvalue weighted by molar-refractivity contribution is 0.883. The van der Waals surface area contributed by atoms with E-state index in [4.69, 9.17) is 5.26 Å². The normalized spacial score (nSPS) is 11.8. The molecule has 2 nitrogen and oxygen atoms in total. The summed E-state index contributed by atoms with van der Waals surface area (Å²) in [6.45, 7) is 6.27. The fraction of sp³-hybridized carbons (Fsp3) is 0.235. The van der Waals surface area contributed by atoms with Gasteiger partial charge in [-0.05, 0) is 61.7 Å². The van der Waals surface area contributed by atoms with Gasteiger partial charge in [0.2, 0.25) is 0 Å². The van der Waals surface area contributed by atoms with Crippen molar-refractivity contribution in [2.45, 2.75) is 26.8 Å². The SMILES string of the molecule is Cc1cc(NC(C)c2cccc(C#N)c2)cc(C)c1Br. The second kappa shape index (κ2) is 6.11. The molecule has 102 valence electrons. The number of nitriles is 1. The quantitative estimate of drug-likeness (QED) is 0.849. The summed E-state index contributed by atoms with van der Waals surface area (Å²) in [5, 5.41) is 12.4. The van der Waals surface area contributed by atoms with Crippen molar-refractivity contribution in [2.24, 2.45) is 0 Å². The minimum Gasteiger partial charge on any atom is -0.379 e. The van der Waals surface area contributed by atoms with Gasteiger partial charge in [0.1, 0.15) is 0 Å². The average molecular weight is 329 g/mol. The van der Waals surface area contributed by atoms with Crippen LogP contribution in [0.1, 0.15) is 35.2 Å². The number of benzene rings is 2. The molecule has 0 aliphatic rings. The van der Waals surface area contributed by atoms with Crippen LogP contribution < -0.4 is 5.32 Å². The summed E-state index contributed by atoms with van der Waals surface area (Å²) in [5.41, 5.74) is 5.33. The highest BCUT2D eigenvalue weighted by Gasteiger charge is 2.08. The predicted octanol–water partition coefficient (Wildman–Crippen LogP) is 5.11. The molecule has 0 aliphatic heterocycles. The number of halogens is 1. The number of nitrogens with zero attached hydrogens (tertiary/aromatic N) is 1. The molecule has 2 rings (SSSR count). The summed E-state index contributed by atoms with van der Waals surface area (Å²) < 4.78 is 1.15. The third-order valence-electron chi connectivity index (χ3n) is 3.34. The lowest BCUT2D eigenvalue weighted by Crippen LogP contribution is -2.07. The number of hydrogen-bond acceptors (Lipinski definition) is 2. The van der Waals surface area contributed by atoms with Crippen molar-refractivity contribution in [1.82, 2.24) is 0 Å². The van der Waals surface area contributed by atoms with Gasteiger partial charge in [0.05, 0.1) is 11.6 Å². The summed E-state index contributed by atoms with van der Waals surface area (Å²) in [6.07, 6.45) is 0. The minimum atomic E-state index is 0.156. The topological polar surface area (TPSA) is 35.8 Å². The maximum atomic E-state index is 8.96. The molecule has 0 saturated heterocycles. The van der Waals surface area contributed by atoms with Crippen LogP contribution in [0, 0.1) is 25.2 Å². The highest BCUT2D eigenvalue weighted by atomic mass is 79.9. The number of rotatable bonds is 3. The third-order valence-corrected chi connectivity index (χ3v) is 4.59. The number of anilines is 1. The molecule has 0 amide bonds. The van der Waals surface area contributed by atoms with Crippen LogP contribution in [-0.4, -0.2) is 0 Å². The monoisotopic (exact) mass is 328 g/mol. The Bertz CT molecular complexity index is 648. The van der Waals surface area contributed by atoms with E-state index >= 15 is 0 Å². The van der Waals surface area contributed by atoms with Gasteiger partial charge in [-0.3, -0.25) is 0 Å². The van der Waals surface area contributed by atoms with Crippen LogP contribution >= 0.6 is 15.9 Å². The van der Waals surface area contributed by atoms with E-state index in [1.165, 1.54) is 11.1 Å². The van der Waals surface area contributed by atoms with E-state index in [0.717, 1.165) is 15.7 Å². The Labute approximate surface area is 128 Å². The molecule has 3 heteroatoms. The van der Waals surface area contributed by atoms with Crippen molar-refractivity contribution in [3.05, 3.63) is 63.1 Å². The smallest absolute Gasteiger partial charge is 0.0991 e.